The maximum Gasteiger partial charge on any atom is 0.253 e. The summed E-state index contributed by atoms with van der Waals surface area (Å²) in [6.45, 7) is 3.68. The zero-order valence-corrected chi connectivity index (χ0v) is 16.5. The highest BCUT2D eigenvalue weighted by Gasteiger charge is 2.23. The molecule has 3 aromatic rings. The summed E-state index contributed by atoms with van der Waals surface area (Å²) in [6, 6.07) is 17.2. The molecule has 1 atom stereocenters. The maximum absolute atomic E-state index is 13.0. The lowest BCUT2D eigenvalue weighted by Crippen LogP contribution is -2.27. The minimum atomic E-state index is -3.43. The van der Waals surface area contributed by atoms with E-state index in [0.717, 1.165) is 5.56 Å². The van der Waals surface area contributed by atoms with E-state index >= 15 is 0 Å². The standard InChI is InChI=1S/C21H22N4O3S/c1-2-13-23-29(27,28)16-17-9-11-19(12-10-17)24-21(26)20(25-15-6-14-22-25)18-7-4-3-5-8-18/h2-12,14-15,20,23H,1,13,16H2,(H,24,26). The number of anilines is 1. The normalized spacial score (nSPS) is 12.3. The summed E-state index contributed by atoms with van der Waals surface area (Å²) in [4.78, 5) is 13.0. The van der Waals surface area contributed by atoms with Gasteiger partial charge in [0.1, 0.15) is 0 Å². The third kappa shape index (κ3) is 5.63. The highest BCUT2D eigenvalue weighted by molar-refractivity contribution is 7.88. The first-order valence-corrected chi connectivity index (χ1v) is 10.7. The molecule has 0 aliphatic heterocycles. The first-order chi connectivity index (χ1) is 14.0. The summed E-state index contributed by atoms with van der Waals surface area (Å²) in [6.07, 6.45) is 4.85. The first-order valence-electron chi connectivity index (χ1n) is 9.00. The van der Waals surface area contributed by atoms with E-state index in [0.29, 0.717) is 11.3 Å². The topological polar surface area (TPSA) is 93.1 Å². The van der Waals surface area contributed by atoms with Gasteiger partial charge in [0.2, 0.25) is 10.0 Å². The fourth-order valence-electron chi connectivity index (χ4n) is 2.84. The van der Waals surface area contributed by atoms with Crippen molar-refractivity contribution in [1.82, 2.24) is 14.5 Å². The molecule has 1 unspecified atom stereocenters. The zero-order valence-electron chi connectivity index (χ0n) is 15.7. The van der Waals surface area contributed by atoms with Crippen LogP contribution in [0.5, 0.6) is 0 Å². The summed E-state index contributed by atoms with van der Waals surface area (Å²) in [7, 11) is -3.43. The Balaban J connectivity index is 1.73. The van der Waals surface area contributed by atoms with Crippen molar-refractivity contribution in [2.75, 3.05) is 11.9 Å². The molecule has 0 bridgehead atoms. The van der Waals surface area contributed by atoms with Crippen molar-refractivity contribution in [2.45, 2.75) is 11.8 Å². The average molecular weight is 410 g/mol. The quantitative estimate of drug-likeness (QED) is 0.531. The third-order valence-corrected chi connectivity index (χ3v) is 5.50. The van der Waals surface area contributed by atoms with E-state index in [2.05, 4.69) is 21.7 Å². The smallest absolute Gasteiger partial charge is 0.253 e. The second-order valence-corrected chi connectivity index (χ2v) is 8.19. The molecule has 0 aliphatic rings. The van der Waals surface area contributed by atoms with Crippen LogP contribution >= 0.6 is 0 Å². The molecule has 0 fully saturated rings. The fourth-order valence-corrected chi connectivity index (χ4v) is 3.95. The lowest BCUT2D eigenvalue weighted by atomic mass is 10.1. The molecule has 8 heteroatoms. The van der Waals surface area contributed by atoms with Crippen LogP contribution in [-0.2, 0) is 20.6 Å². The van der Waals surface area contributed by atoms with Crippen molar-refractivity contribution in [3.63, 3.8) is 0 Å². The van der Waals surface area contributed by atoms with E-state index in [1.807, 2.05) is 30.3 Å². The molecule has 1 amide bonds. The summed E-state index contributed by atoms with van der Waals surface area (Å²) in [5.41, 5.74) is 2.00. The van der Waals surface area contributed by atoms with Gasteiger partial charge < -0.3 is 5.32 Å². The largest absolute Gasteiger partial charge is 0.324 e. The highest BCUT2D eigenvalue weighted by Crippen LogP contribution is 2.20. The lowest BCUT2D eigenvalue weighted by molar-refractivity contribution is -0.118. The molecule has 7 nitrogen and oxygen atoms in total. The number of amides is 1. The van der Waals surface area contributed by atoms with Crippen molar-refractivity contribution in [2.24, 2.45) is 0 Å². The van der Waals surface area contributed by atoms with Crippen molar-refractivity contribution >= 4 is 21.6 Å². The van der Waals surface area contributed by atoms with Gasteiger partial charge in [-0.05, 0) is 29.3 Å². The molecule has 3 rings (SSSR count). The van der Waals surface area contributed by atoms with E-state index < -0.39 is 16.1 Å². The molecule has 2 N–H and O–H groups in total. The predicted octanol–water partition coefficient (Wildman–Crippen LogP) is 2.72. The van der Waals surface area contributed by atoms with Crippen LogP contribution < -0.4 is 10.0 Å². The van der Waals surface area contributed by atoms with E-state index in [9.17, 15) is 13.2 Å². The molecule has 1 heterocycles. The molecule has 0 aliphatic carbocycles. The molecule has 29 heavy (non-hydrogen) atoms. The SMILES string of the molecule is C=CCNS(=O)(=O)Cc1ccc(NC(=O)C(c2ccccc2)n2cccn2)cc1. The number of rotatable bonds is 9. The van der Waals surface area contributed by atoms with Crippen LogP contribution in [0.1, 0.15) is 17.2 Å². The molecular weight excluding hydrogens is 388 g/mol. The summed E-state index contributed by atoms with van der Waals surface area (Å²) >= 11 is 0. The summed E-state index contributed by atoms with van der Waals surface area (Å²) < 4.78 is 27.9. The monoisotopic (exact) mass is 410 g/mol. The van der Waals surface area contributed by atoms with Crippen LogP contribution in [0.25, 0.3) is 0 Å². The molecular formula is C21H22N4O3S. The molecule has 0 spiro atoms. The van der Waals surface area contributed by atoms with Crippen LogP contribution in [0.2, 0.25) is 0 Å². The van der Waals surface area contributed by atoms with Gasteiger partial charge in [0.25, 0.3) is 5.91 Å². The van der Waals surface area contributed by atoms with Gasteiger partial charge in [-0.2, -0.15) is 5.10 Å². The highest BCUT2D eigenvalue weighted by atomic mass is 32.2. The predicted molar refractivity (Wildman–Crippen MR) is 113 cm³/mol. The molecule has 0 saturated carbocycles. The average Bonchev–Trinajstić information content (AvgIpc) is 3.23. The molecule has 0 saturated heterocycles. The van der Waals surface area contributed by atoms with Gasteiger partial charge in [0.05, 0.1) is 5.75 Å². The minimum Gasteiger partial charge on any atom is -0.324 e. The Morgan fingerprint density at radius 1 is 1.10 bits per heavy atom. The van der Waals surface area contributed by atoms with Gasteiger partial charge >= 0.3 is 0 Å². The van der Waals surface area contributed by atoms with Gasteiger partial charge in [-0.25, -0.2) is 13.1 Å². The van der Waals surface area contributed by atoms with Gasteiger partial charge in [0.15, 0.2) is 6.04 Å². The van der Waals surface area contributed by atoms with E-state index in [4.69, 9.17) is 0 Å². The van der Waals surface area contributed by atoms with Gasteiger partial charge in [-0.15, -0.1) is 6.58 Å². The van der Waals surface area contributed by atoms with E-state index in [1.54, 1.807) is 47.4 Å². The Bertz CT molecular complexity index is 1050. The second-order valence-electron chi connectivity index (χ2n) is 6.38. The number of nitrogens with zero attached hydrogens (tertiary/aromatic N) is 2. The van der Waals surface area contributed by atoms with Crippen LogP contribution in [-0.4, -0.2) is 30.7 Å². The van der Waals surface area contributed by atoms with Crippen molar-refractivity contribution in [1.29, 1.82) is 0 Å². The Hall–Kier alpha value is -3.23. The number of hydrogen-bond donors (Lipinski definition) is 2. The minimum absolute atomic E-state index is 0.144. The molecule has 0 radical (unpaired) electrons. The Kier molecular flexibility index (Phi) is 6.58. The van der Waals surface area contributed by atoms with Crippen molar-refractivity contribution < 1.29 is 13.2 Å². The Labute approximate surface area is 170 Å². The number of hydrogen-bond acceptors (Lipinski definition) is 4. The first kappa shape index (κ1) is 20.5. The van der Waals surface area contributed by atoms with Crippen LogP contribution in [0, 0.1) is 0 Å². The molecule has 1 aromatic heterocycles. The summed E-state index contributed by atoms with van der Waals surface area (Å²) in [5.74, 6) is -0.387. The number of sulfonamides is 1. The van der Waals surface area contributed by atoms with E-state index in [-0.39, 0.29) is 18.2 Å². The fraction of sp³-hybridized carbons (Fsp3) is 0.143. The van der Waals surface area contributed by atoms with Crippen molar-refractivity contribution in [3.05, 3.63) is 96.8 Å². The Morgan fingerprint density at radius 2 is 1.83 bits per heavy atom. The number of carbonyl (C=O) groups excluding carboxylic acids is 1. The number of carbonyl (C=O) groups is 1. The van der Waals surface area contributed by atoms with Gasteiger partial charge in [0, 0.05) is 24.6 Å². The number of aromatic nitrogens is 2. The third-order valence-electron chi connectivity index (χ3n) is 4.18. The zero-order chi connectivity index (χ0) is 20.7. The van der Waals surface area contributed by atoms with E-state index in [1.165, 1.54) is 6.08 Å². The van der Waals surface area contributed by atoms with Gasteiger partial charge in [-0.3, -0.25) is 9.48 Å². The van der Waals surface area contributed by atoms with Crippen LogP contribution in [0.15, 0.2) is 85.7 Å². The number of benzene rings is 2. The molecule has 150 valence electrons. The number of nitrogens with one attached hydrogen (secondary N) is 2. The Morgan fingerprint density at radius 3 is 2.45 bits per heavy atom. The lowest BCUT2D eigenvalue weighted by Gasteiger charge is -2.18. The van der Waals surface area contributed by atoms with Crippen molar-refractivity contribution in [3.8, 4) is 0 Å². The second kappa shape index (κ2) is 9.31. The van der Waals surface area contributed by atoms with Crippen LogP contribution in [0.4, 0.5) is 5.69 Å². The maximum atomic E-state index is 13.0. The van der Waals surface area contributed by atoms with Gasteiger partial charge in [-0.1, -0.05) is 48.5 Å². The van der Waals surface area contributed by atoms with Crippen LogP contribution in [0.3, 0.4) is 0 Å². The summed E-state index contributed by atoms with van der Waals surface area (Å²) in [5, 5.41) is 7.08. The molecule has 2 aromatic carbocycles.